The lowest BCUT2D eigenvalue weighted by atomic mass is 9.98. The minimum Gasteiger partial charge on any atom is -0.489 e. The monoisotopic (exact) mass is 679 g/mol. The first kappa shape index (κ1) is 38.8. The number of carbonyl (C=O) groups is 5. The van der Waals surface area contributed by atoms with Gasteiger partial charge < -0.3 is 36.1 Å². The Morgan fingerprint density at radius 2 is 1.51 bits per heavy atom. The second kappa shape index (κ2) is 17.7. The number of nitrogens with two attached hydrogens (primary N) is 1. The van der Waals surface area contributed by atoms with E-state index in [2.05, 4.69) is 16.0 Å². The number of hydrogen-bond donors (Lipinski definition) is 4. The number of ether oxygens (including phenoxy) is 2. The molecule has 0 bridgehead atoms. The summed E-state index contributed by atoms with van der Waals surface area (Å²) in [5.74, 6) is -1.77. The van der Waals surface area contributed by atoms with Crippen LogP contribution in [0.25, 0.3) is 0 Å². The first-order chi connectivity index (χ1) is 23.0. The zero-order chi connectivity index (χ0) is 36.3. The molecular formula is C37H53N5O7. The van der Waals surface area contributed by atoms with Crippen molar-refractivity contribution in [3.05, 3.63) is 65.7 Å². The minimum atomic E-state index is -1.09. The summed E-state index contributed by atoms with van der Waals surface area (Å²) in [5, 5.41) is 8.31. The number of nitrogens with one attached hydrogen (secondary N) is 3. The van der Waals surface area contributed by atoms with Gasteiger partial charge >= 0.3 is 6.09 Å². The van der Waals surface area contributed by atoms with Crippen LogP contribution in [0, 0.1) is 11.8 Å². The number of carbonyl (C=O) groups excluding carboxylic acids is 5. The van der Waals surface area contributed by atoms with E-state index in [0.717, 1.165) is 11.1 Å². The highest BCUT2D eigenvalue weighted by atomic mass is 16.6. The van der Waals surface area contributed by atoms with Crippen LogP contribution in [0.1, 0.15) is 78.9 Å². The van der Waals surface area contributed by atoms with Crippen molar-refractivity contribution in [2.75, 3.05) is 6.54 Å². The van der Waals surface area contributed by atoms with E-state index in [1.165, 1.54) is 4.90 Å². The Morgan fingerprint density at radius 3 is 2.08 bits per heavy atom. The lowest BCUT2D eigenvalue weighted by Gasteiger charge is -2.31. The van der Waals surface area contributed by atoms with Gasteiger partial charge in [-0.3, -0.25) is 19.2 Å². The Morgan fingerprint density at radius 1 is 0.857 bits per heavy atom. The topological polar surface area (TPSA) is 169 Å². The van der Waals surface area contributed by atoms with Crippen molar-refractivity contribution < 1.29 is 33.4 Å². The summed E-state index contributed by atoms with van der Waals surface area (Å²) in [6.45, 7) is 13.3. The van der Waals surface area contributed by atoms with Gasteiger partial charge in [-0.05, 0) is 75.1 Å². The SMILES string of the molecule is CC(C)CC(NC(=O)C(NC(=O)C(Cc1ccc(OCc2ccccc2)cc1)NC(=O)OC(C)(C)C)C(C)C)C(=O)N1CCCC1C(N)=O. The molecule has 4 atom stereocenters. The van der Waals surface area contributed by atoms with Crippen molar-refractivity contribution in [1.82, 2.24) is 20.9 Å². The molecule has 49 heavy (non-hydrogen) atoms. The summed E-state index contributed by atoms with van der Waals surface area (Å²) in [6.07, 6.45) is 0.775. The summed E-state index contributed by atoms with van der Waals surface area (Å²) in [6, 6.07) is 13.2. The molecule has 2 aromatic rings. The van der Waals surface area contributed by atoms with Gasteiger partial charge in [-0.25, -0.2) is 4.79 Å². The average Bonchev–Trinajstić information content (AvgIpc) is 3.52. The third-order valence-corrected chi connectivity index (χ3v) is 8.05. The Hall–Kier alpha value is -4.61. The maximum atomic E-state index is 13.8. The minimum absolute atomic E-state index is 0.0495. The molecule has 12 nitrogen and oxygen atoms in total. The lowest BCUT2D eigenvalue weighted by Crippen LogP contribution is -2.59. The third-order valence-electron chi connectivity index (χ3n) is 8.05. The number of likely N-dealkylation sites (tertiary alicyclic amines) is 1. The number of benzene rings is 2. The lowest BCUT2D eigenvalue weighted by molar-refractivity contribution is -0.141. The Kier molecular flexibility index (Phi) is 14.0. The van der Waals surface area contributed by atoms with Crippen LogP contribution in [0.3, 0.4) is 0 Å². The Labute approximate surface area is 289 Å². The number of nitrogens with zero attached hydrogens (tertiary/aromatic N) is 1. The first-order valence-electron chi connectivity index (χ1n) is 17.0. The zero-order valence-electron chi connectivity index (χ0n) is 29.8. The number of amides is 5. The highest BCUT2D eigenvalue weighted by molar-refractivity contribution is 5.95. The second-order valence-corrected chi connectivity index (χ2v) is 14.3. The molecule has 5 amide bonds. The van der Waals surface area contributed by atoms with Crippen molar-refractivity contribution >= 4 is 29.7 Å². The number of primary amides is 1. The zero-order valence-corrected chi connectivity index (χ0v) is 29.8. The van der Waals surface area contributed by atoms with E-state index in [-0.39, 0.29) is 24.2 Å². The van der Waals surface area contributed by atoms with E-state index in [9.17, 15) is 24.0 Å². The molecule has 1 aliphatic heterocycles. The Bertz CT molecular complexity index is 1420. The van der Waals surface area contributed by atoms with Crippen LogP contribution in [-0.4, -0.2) is 70.9 Å². The molecule has 1 heterocycles. The van der Waals surface area contributed by atoms with Gasteiger partial charge in [0, 0.05) is 13.0 Å². The van der Waals surface area contributed by atoms with Crippen molar-refractivity contribution in [3.8, 4) is 5.75 Å². The van der Waals surface area contributed by atoms with Crippen LogP contribution in [0.15, 0.2) is 54.6 Å². The summed E-state index contributed by atoms with van der Waals surface area (Å²) in [7, 11) is 0. The molecule has 3 rings (SSSR count). The summed E-state index contributed by atoms with van der Waals surface area (Å²) >= 11 is 0. The van der Waals surface area contributed by atoms with Gasteiger partial charge in [-0.1, -0.05) is 70.2 Å². The average molecular weight is 680 g/mol. The van der Waals surface area contributed by atoms with E-state index >= 15 is 0 Å². The van der Waals surface area contributed by atoms with Crippen molar-refractivity contribution in [3.63, 3.8) is 0 Å². The van der Waals surface area contributed by atoms with Gasteiger partial charge in [0.2, 0.25) is 23.6 Å². The van der Waals surface area contributed by atoms with Crippen LogP contribution in [-0.2, 0) is 36.9 Å². The van der Waals surface area contributed by atoms with Gasteiger partial charge in [0.05, 0.1) is 0 Å². The number of alkyl carbamates (subject to hydrolysis) is 1. The molecule has 0 aromatic heterocycles. The highest BCUT2D eigenvalue weighted by Gasteiger charge is 2.38. The summed E-state index contributed by atoms with van der Waals surface area (Å²) in [4.78, 5) is 67.4. The van der Waals surface area contributed by atoms with Crippen molar-refractivity contribution in [2.24, 2.45) is 17.6 Å². The van der Waals surface area contributed by atoms with E-state index in [4.69, 9.17) is 15.2 Å². The molecule has 12 heteroatoms. The van der Waals surface area contributed by atoms with Crippen molar-refractivity contribution in [1.29, 1.82) is 0 Å². The second-order valence-electron chi connectivity index (χ2n) is 14.3. The number of hydrogen-bond acceptors (Lipinski definition) is 7. The third kappa shape index (κ3) is 12.4. The number of rotatable bonds is 15. The molecular weight excluding hydrogens is 626 g/mol. The predicted octanol–water partition coefficient (Wildman–Crippen LogP) is 3.85. The molecule has 1 saturated heterocycles. The molecule has 0 radical (unpaired) electrons. The van der Waals surface area contributed by atoms with Crippen LogP contribution in [0.2, 0.25) is 0 Å². The smallest absolute Gasteiger partial charge is 0.408 e. The highest BCUT2D eigenvalue weighted by Crippen LogP contribution is 2.21. The van der Waals surface area contributed by atoms with Gasteiger partial charge in [0.25, 0.3) is 0 Å². The van der Waals surface area contributed by atoms with E-state index in [0.29, 0.717) is 38.2 Å². The van der Waals surface area contributed by atoms with Crippen LogP contribution in [0.5, 0.6) is 5.75 Å². The molecule has 1 fully saturated rings. The Balaban J connectivity index is 1.76. The first-order valence-corrected chi connectivity index (χ1v) is 17.0. The maximum Gasteiger partial charge on any atom is 0.408 e. The van der Waals surface area contributed by atoms with Gasteiger partial charge in [0.15, 0.2) is 0 Å². The van der Waals surface area contributed by atoms with Crippen LogP contribution in [0.4, 0.5) is 4.79 Å². The standard InChI is InChI=1S/C37H53N5O7/c1-23(2)20-29(35(46)42-19-11-14-30(42)32(38)43)39-34(45)31(24(3)4)41-33(44)28(40-36(47)49-37(5,6)7)21-25-15-17-27(18-16-25)48-22-26-12-9-8-10-13-26/h8-10,12-13,15-18,23-24,28-31H,11,14,19-22H2,1-7H3,(H2,38,43)(H,39,45)(H,40,47)(H,41,44). The fourth-order valence-electron chi connectivity index (χ4n) is 5.63. The molecule has 0 aliphatic carbocycles. The van der Waals surface area contributed by atoms with E-state index in [1.54, 1.807) is 46.8 Å². The maximum absolute atomic E-state index is 13.8. The molecule has 268 valence electrons. The fourth-order valence-corrected chi connectivity index (χ4v) is 5.63. The molecule has 2 aromatic carbocycles. The molecule has 4 unspecified atom stereocenters. The fraction of sp³-hybridized carbons (Fsp3) is 0.541. The molecule has 5 N–H and O–H groups in total. The summed E-state index contributed by atoms with van der Waals surface area (Å²) < 4.78 is 11.3. The molecule has 1 aliphatic rings. The summed E-state index contributed by atoms with van der Waals surface area (Å²) in [5.41, 5.74) is 6.52. The quantitative estimate of drug-likeness (QED) is 0.222. The van der Waals surface area contributed by atoms with E-state index in [1.807, 2.05) is 56.3 Å². The largest absolute Gasteiger partial charge is 0.489 e. The van der Waals surface area contributed by atoms with Crippen molar-refractivity contribution in [2.45, 2.75) is 111 Å². The van der Waals surface area contributed by atoms with Crippen LogP contribution >= 0.6 is 0 Å². The predicted molar refractivity (Wildman–Crippen MR) is 186 cm³/mol. The van der Waals surface area contributed by atoms with Gasteiger partial charge in [-0.15, -0.1) is 0 Å². The normalized spacial score (nSPS) is 16.4. The molecule has 0 spiro atoms. The van der Waals surface area contributed by atoms with Gasteiger partial charge in [-0.2, -0.15) is 0 Å². The van der Waals surface area contributed by atoms with Gasteiger partial charge in [0.1, 0.15) is 42.1 Å². The van der Waals surface area contributed by atoms with E-state index < -0.39 is 53.6 Å². The molecule has 0 saturated carbocycles. The van der Waals surface area contributed by atoms with Crippen LogP contribution < -0.4 is 26.4 Å².